The zero-order chi connectivity index (χ0) is 26.7. The Labute approximate surface area is 221 Å². The number of aryl methyl sites for hydroxylation is 1. The number of hydrogen-bond acceptors (Lipinski definition) is 1. The molecule has 200 valence electrons. The number of ether oxygens (including phenoxy) is 1. The molecule has 0 N–H and O–H groups in total. The first-order chi connectivity index (χ1) is 17.8. The van der Waals surface area contributed by atoms with Crippen molar-refractivity contribution in [2.75, 3.05) is 0 Å². The summed E-state index contributed by atoms with van der Waals surface area (Å²) in [5.41, 5.74) is 4.06. The van der Waals surface area contributed by atoms with Gasteiger partial charge in [-0.3, -0.25) is 0 Å². The molecule has 0 aliphatic rings. The second-order valence-corrected chi connectivity index (χ2v) is 10.1. The van der Waals surface area contributed by atoms with Gasteiger partial charge in [-0.1, -0.05) is 107 Å². The minimum Gasteiger partial charge on any atom is -0.490 e. The summed E-state index contributed by atoms with van der Waals surface area (Å²) in [5.74, 6) is -0.0920. The van der Waals surface area contributed by atoms with Gasteiger partial charge in [0.25, 0.3) is 0 Å². The predicted octanol–water partition coefficient (Wildman–Crippen LogP) is 10.9. The Bertz CT molecular complexity index is 1070. The normalized spacial score (nSPS) is 12.5. The van der Waals surface area contributed by atoms with Gasteiger partial charge >= 0.3 is 6.18 Å². The minimum absolute atomic E-state index is 0.0920. The third-order valence-electron chi connectivity index (χ3n) is 6.90. The topological polar surface area (TPSA) is 9.23 Å². The molecule has 0 spiro atoms. The summed E-state index contributed by atoms with van der Waals surface area (Å²) >= 11 is 0. The number of halogens is 3. The molecule has 37 heavy (non-hydrogen) atoms. The third kappa shape index (κ3) is 8.94. The van der Waals surface area contributed by atoms with Crippen LogP contribution in [0, 0.1) is 0 Å². The van der Waals surface area contributed by atoms with Crippen molar-refractivity contribution in [3.8, 4) is 28.0 Å². The van der Waals surface area contributed by atoms with Gasteiger partial charge in [-0.25, -0.2) is 0 Å². The van der Waals surface area contributed by atoms with E-state index >= 15 is 0 Å². The smallest absolute Gasteiger partial charge is 0.419 e. The molecule has 0 amide bonds. The SMILES string of the molecule is CCCCCCc1ccc(-c2ccc(-c3ccc(OC(C)CCCCCC)c(C(F)(F)F)c3)cc2)cc1. The van der Waals surface area contributed by atoms with Gasteiger partial charge in [-0.15, -0.1) is 0 Å². The van der Waals surface area contributed by atoms with Crippen LogP contribution in [0.25, 0.3) is 22.3 Å². The van der Waals surface area contributed by atoms with Gasteiger partial charge < -0.3 is 4.74 Å². The molecule has 1 atom stereocenters. The van der Waals surface area contributed by atoms with Crippen LogP contribution in [-0.2, 0) is 12.6 Å². The highest BCUT2D eigenvalue weighted by Crippen LogP contribution is 2.39. The van der Waals surface area contributed by atoms with Crippen molar-refractivity contribution in [1.29, 1.82) is 0 Å². The maximum Gasteiger partial charge on any atom is 0.419 e. The number of alkyl halides is 3. The van der Waals surface area contributed by atoms with E-state index in [9.17, 15) is 13.2 Å². The molecule has 3 aromatic rings. The lowest BCUT2D eigenvalue weighted by molar-refractivity contribution is -0.139. The fraction of sp³-hybridized carbons (Fsp3) is 0.455. The molecular weight excluding hydrogens is 469 g/mol. The van der Waals surface area contributed by atoms with Gasteiger partial charge in [-0.2, -0.15) is 13.2 Å². The lowest BCUT2D eigenvalue weighted by atomic mass is 9.97. The van der Waals surface area contributed by atoms with E-state index in [1.165, 1.54) is 43.4 Å². The number of hydrogen-bond donors (Lipinski definition) is 0. The lowest BCUT2D eigenvalue weighted by Crippen LogP contribution is -2.16. The van der Waals surface area contributed by atoms with E-state index in [0.29, 0.717) is 5.56 Å². The summed E-state index contributed by atoms with van der Waals surface area (Å²) in [7, 11) is 0. The molecule has 3 aromatic carbocycles. The summed E-state index contributed by atoms with van der Waals surface area (Å²) in [6.07, 6.45) is 6.40. The molecule has 0 saturated carbocycles. The van der Waals surface area contributed by atoms with Crippen LogP contribution in [0.15, 0.2) is 66.7 Å². The second-order valence-electron chi connectivity index (χ2n) is 10.1. The summed E-state index contributed by atoms with van der Waals surface area (Å²) in [6.45, 7) is 6.20. The van der Waals surface area contributed by atoms with E-state index in [2.05, 4.69) is 38.1 Å². The van der Waals surface area contributed by atoms with E-state index in [4.69, 9.17) is 4.74 Å². The van der Waals surface area contributed by atoms with Crippen molar-refractivity contribution >= 4 is 0 Å². The van der Waals surface area contributed by atoms with Gasteiger partial charge in [0.05, 0.1) is 11.7 Å². The summed E-state index contributed by atoms with van der Waals surface area (Å²) in [4.78, 5) is 0. The van der Waals surface area contributed by atoms with E-state index in [0.717, 1.165) is 55.2 Å². The van der Waals surface area contributed by atoms with E-state index < -0.39 is 11.7 Å². The maximum atomic E-state index is 13.9. The van der Waals surface area contributed by atoms with Crippen LogP contribution >= 0.6 is 0 Å². The molecule has 0 aliphatic heterocycles. The molecule has 0 heterocycles. The fourth-order valence-electron chi connectivity index (χ4n) is 4.64. The summed E-state index contributed by atoms with van der Waals surface area (Å²) < 4.78 is 47.4. The Morgan fingerprint density at radius 3 is 1.73 bits per heavy atom. The van der Waals surface area contributed by atoms with Crippen molar-refractivity contribution in [2.45, 2.75) is 97.3 Å². The highest BCUT2D eigenvalue weighted by molar-refractivity contribution is 5.71. The van der Waals surface area contributed by atoms with Gasteiger partial charge in [0.1, 0.15) is 5.75 Å². The Balaban J connectivity index is 1.70. The molecular formula is C33H41F3O. The molecule has 1 unspecified atom stereocenters. The number of unbranched alkanes of at least 4 members (excludes halogenated alkanes) is 6. The van der Waals surface area contributed by atoms with Crippen LogP contribution < -0.4 is 4.74 Å². The third-order valence-corrected chi connectivity index (χ3v) is 6.90. The van der Waals surface area contributed by atoms with Crippen molar-refractivity contribution < 1.29 is 17.9 Å². The Kier molecular flexibility index (Phi) is 11.1. The van der Waals surface area contributed by atoms with Crippen LogP contribution in [0.2, 0.25) is 0 Å². The first kappa shape index (κ1) is 28.8. The highest BCUT2D eigenvalue weighted by Gasteiger charge is 2.35. The molecule has 0 aliphatic carbocycles. The highest BCUT2D eigenvalue weighted by atomic mass is 19.4. The Morgan fingerprint density at radius 2 is 1.16 bits per heavy atom. The minimum atomic E-state index is -4.48. The van der Waals surface area contributed by atoms with E-state index in [-0.39, 0.29) is 11.9 Å². The predicted molar refractivity (Wildman–Crippen MR) is 149 cm³/mol. The average molecular weight is 511 g/mol. The van der Waals surface area contributed by atoms with Crippen molar-refractivity contribution in [1.82, 2.24) is 0 Å². The van der Waals surface area contributed by atoms with Gasteiger partial charge in [0.2, 0.25) is 0 Å². The number of benzene rings is 3. The van der Waals surface area contributed by atoms with Gasteiger partial charge in [0.15, 0.2) is 0 Å². The Hall–Kier alpha value is -2.75. The van der Waals surface area contributed by atoms with Crippen molar-refractivity contribution in [2.24, 2.45) is 0 Å². The zero-order valence-corrected chi connectivity index (χ0v) is 22.5. The van der Waals surface area contributed by atoms with Crippen LogP contribution in [0.4, 0.5) is 13.2 Å². The van der Waals surface area contributed by atoms with Crippen LogP contribution in [0.1, 0.15) is 89.7 Å². The van der Waals surface area contributed by atoms with Gasteiger partial charge in [-0.05, 0) is 72.6 Å². The zero-order valence-electron chi connectivity index (χ0n) is 22.5. The largest absolute Gasteiger partial charge is 0.490 e. The van der Waals surface area contributed by atoms with Crippen LogP contribution in [0.5, 0.6) is 5.75 Å². The molecule has 4 heteroatoms. The van der Waals surface area contributed by atoms with Gasteiger partial charge in [0, 0.05) is 0 Å². The molecule has 0 fully saturated rings. The maximum absolute atomic E-state index is 13.9. The fourth-order valence-corrected chi connectivity index (χ4v) is 4.64. The molecule has 0 aromatic heterocycles. The summed E-state index contributed by atoms with van der Waals surface area (Å²) in [6, 6.07) is 20.7. The standard InChI is InChI=1S/C33H41F3O/c1-4-6-8-10-12-25(3)37-32-23-22-30(24-31(32)33(34,35)36)29-20-18-28(19-21-29)27-16-14-26(15-17-27)13-11-9-7-5-2/h14-25H,4-13H2,1-3H3. The molecule has 3 rings (SSSR count). The Morgan fingerprint density at radius 1 is 0.649 bits per heavy atom. The molecule has 0 saturated heterocycles. The number of rotatable bonds is 14. The first-order valence-corrected chi connectivity index (χ1v) is 13.9. The molecule has 1 nitrogen and oxygen atoms in total. The van der Waals surface area contributed by atoms with E-state index in [1.54, 1.807) is 6.07 Å². The summed E-state index contributed by atoms with van der Waals surface area (Å²) in [5, 5.41) is 0. The quantitative estimate of drug-likeness (QED) is 0.196. The first-order valence-electron chi connectivity index (χ1n) is 13.9. The van der Waals surface area contributed by atoms with Crippen LogP contribution in [0.3, 0.4) is 0 Å². The van der Waals surface area contributed by atoms with Crippen molar-refractivity contribution in [3.05, 3.63) is 77.9 Å². The molecule has 0 radical (unpaired) electrons. The van der Waals surface area contributed by atoms with Crippen molar-refractivity contribution in [3.63, 3.8) is 0 Å². The second kappa shape index (κ2) is 14.3. The lowest BCUT2D eigenvalue weighted by Gasteiger charge is -2.20. The van der Waals surface area contributed by atoms with E-state index in [1.807, 2.05) is 31.2 Å². The van der Waals surface area contributed by atoms with Crippen LogP contribution in [-0.4, -0.2) is 6.10 Å². The molecule has 0 bridgehead atoms. The average Bonchev–Trinajstić information content (AvgIpc) is 2.89. The monoisotopic (exact) mass is 510 g/mol.